The number of allylic oxidation sites excluding steroid dienone is 1. The SMILES string of the molecule is CSC1CN=C(/C=C(/c2ccc(S(C)(=O)=O)s2)C(F)(F)F)NC1. The number of sulfone groups is 1. The molecule has 128 valence electrons. The largest absolute Gasteiger partial charge is 0.417 e. The summed E-state index contributed by atoms with van der Waals surface area (Å²) in [6.45, 7) is 0.991. The Morgan fingerprint density at radius 1 is 1.48 bits per heavy atom. The summed E-state index contributed by atoms with van der Waals surface area (Å²) in [4.78, 5) is 3.97. The van der Waals surface area contributed by atoms with Crippen LogP contribution < -0.4 is 5.32 Å². The van der Waals surface area contributed by atoms with Crippen LogP contribution in [0.1, 0.15) is 4.88 Å². The van der Waals surface area contributed by atoms with E-state index in [4.69, 9.17) is 0 Å². The van der Waals surface area contributed by atoms with Gasteiger partial charge in [-0.2, -0.15) is 24.9 Å². The van der Waals surface area contributed by atoms with Crippen LogP contribution in [0.25, 0.3) is 5.57 Å². The van der Waals surface area contributed by atoms with Crippen LogP contribution in [0, 0.1) is 0 Å². The summed E-state index contributed by atoms with van der Waals surface area (Å²) in [5, 5.41) is 3.10. The minimum absolute atomic E-state index is 0.0939. The van der Waals surface area contributed by atoms with Gasteiger partial charge in [0, 0.05) is 22.9 Å². The van der Waals surface area contributed by atoms with Crippen LogP contribution in [-0.4, -0.2) is 51.3 Å². The molecule has 0 saturated heterocycles. The standard InChI is InChI=1S/C13H15F3N2O2S3/c1-21-8-6-17-11(18-7-8)5-9(13(14,15)16)10-3-4-12(22-10)23(2,19)20/h3-5,8H,6-7H2,1-2H3,(H,17,18)/b9-5-. The summed E-state index contributed by atoms with van der Waals surface area (Å²) < 4.78 is 62.7. The minimum atomic E-state index is -4.60. The van der Waals surface area contributed by atoms with E-state index in [1.165, 1.54) is 12.1 Å². The molecule has 0 aliphatic carbocycles. The van der Waals surface area contributed by atoms with Gasteiger partial charge in [-0.05, 0) is 24.5 Å². The van der Waals surface area contributed by atoms with E-state index in [-0.39, 0.29) is 20.2 Å². The Kier molecular flexibility index (Phi) is 5.47. The van der Waals surface area contributed by atoms with Gasteiger partial charge in [0.2, 0.25) is 0 Å². The Balaban J connectivity index is 2.37. The van der Waals surface area contributed by atoms with E-state index in [1.807, 2.05) is 6.26 Å². The molecule has 0 spiro atoms. The van der Waals surface area contributed by atoms with Gasteiger partial charge >= 0.3 is 6.18 Å². The van der Waals surface area contributed by atoms with Gasteiger partial charge in [-0.1, -0.05) is 0 Å². The third kappa shape index (κ3) is 4.74. The van der Waals surface area contributed by atoms with Gasteiger partial charge in [-0.15, -0.1) is 11.3 Å². The smallest absolute Gasteiger partial charge is 0.369 e. The zero-order chi connectivity index (χ0) is 17.3. The average Bonchev–Trinajstić information content (AvgIpc) is 2.93. The molecular formula is C13H15F3N2O2S3. The zero-order valence-electron chi connectivity index (χ0n) is 12.3. The van der Waals surface area contributed by atoms with Crippen molar-refractivity contribution in [3.05, 3.63) is 23.1 Å². The molecule has 1 aliphatic rings. The Bertz CT molecular complexity index is 736. The predicted molar refractivity (Wildman–Crippen MR) is 89.1 cm³/mol. The number of thioether (sulfide) groups is 1. The van der Waals surface area contributed by atoms with Crippen molar-refractivity contribution in [3.8, 4) is 0 Å². The second-order valence-electron chi connectivity index (χ2n) is 4.91. The molecule has 0 fully saturated rings. The molecule has 2 rings (SSSR count). The van der Waals surface area contributed by atoms with Crippen molar-refractivity contribution in [2.75, 3.05) is 25.6 Å². The first kappa shape index (κ1) is 18.3. The number of alkyl halides is 3. The molecule has 10 heteroatoms. The van der Waals surface area contributed by atoms with E-state index in [9.17, 15) is 21.6 Å². The highest BCUT2D eigenvalue weighted by Gasteiger charge is 2.36. The Hall–Kier alpha value is -1.00. The second kappa shape index (κ2) is 6.86. The highest BCUT2D eigenvalue weighted by Crippen LogP contribution is 2.38. The van der Waals surface area contributed by atoms with Crippen molar-refractivity contribution < 1.29 is 21.6 Å². The molecule has 0 radical (unpaired) electrons. The molecule has 0 amide bonds. The van der Waals surface area contributed by atoms with Crippen LogP contribution in [0.4, 0.5) is 13.2 Å². The minimum Gasteiger partial charge on any atom is -0.369 e. The van der Waals surface area contributed by atoms with E-state index < -0.39 is 21.6 Å². The third-order valence-corrected chi connectivity index (χ3v) is 7.03. The summed E-state index contributed by atoms with van der Waals surface area (Å²) in [5.74, 6) is 0.164. The first-order valence-corrected chi connectivity index (χ1v) is 10.5. The monoisotopic (exact) mass is 384 g/mol. The molecule has 1 aromatic rings. The summed E-state index contributed by atoms with van der Waals surface area (Å²) in [5.41, 5.74) is -0.897. The number of nitrogens with zero attached hydrogens (tertiary/aromatic N) is 1. The lowest BCUT2D eigenvalue weighted by Gasteiger charge is -2.20. The summed E-state index contributed by atoms with van der Waals surface area (Å²) in [7, 11) is -3.53. The van der Waals surface area contributed by atoms with Gasteiger partial charge in [-0.3, -0.25) is 4.99 Å². The molecule has 4 nitrogen and oxygen atoms in total. The Morgan fingerprint density at radius 2 is 2.17 bits per heavy atom. The molecule has 0 saturated carbocycles. The maximum absolute atomic E-state index is 13.3. The maximum atomic E-state index is 13.3. The number of amidine groups is 1. The van der Waals surface area contributed by atoms with Gasteiger partial charge < -0.3 is 5.32 Å². The van der Waals surface area contributed by atoms with Crippen LogP contribution in [0.2, 0.25) is 0 Å². The van der Waals surface area contributed by atoms with E-state index >= 15 is 0 Å². The number of halogens is 3. The predicted octanol–water partition coefficient (Wildman–Crippen LogP) is 2.83. The summed E-state index contributed by atoms with van der Waals surface area (Å²) >= 11 is 2.20. The number of hydrogen-bond donors (Lipinski definition) is 1. The van der Waals surface area contributed by atoms with E-state index in [1.54, 1.807) is 11.8 Å². The molecule has 23 heavy (non-hydrogen) atoms. The molecule has 2 heterocycles. The number of nitrogens with one attached hydrogen (secondary N) is 1. The second-order valence-corrected chi connectivity index (χ2v) is 9.38. The fraction of sp³-hybridized carbons (Fsp3) is 0.462. The van der Waals surface area contributed by atoms with Crippen LogP contribution in [0.5, 0.6) is 0 Å². The summed E-state index contributed by atoms with van der Waals surface area (Å²) in [6.07, 6.45) is -0.772. The van der Waals surface area contributed by atoms with Crippen LogP contribution in [-0.2, 0) is 9.84 Å². The van der Waals surface area contributed by atoms with E-state index in [0.717, 1.165) is 12.3 Å². The lowest BCUT2D eigenvalue weighted by Crippen LogP contribution is -2.36. The van der Waals surface area contributed by atoms with Gasteiger partial charge in [-0.25, -0.2) is 8.42 Å². The average molecular weight is 384 g/mol. The van der Waals surface area contributed by atoms with Crippen molar-refractivity contribution in [2.45, 2.75) is 15.6 Å². The molecule has 1 aliphatic heterocycles. The fourth-order valence-electron chi connectivity index (χ4n) is 1.89. The van der Waals surface area contributed by atoms with Crippen LogP contribution in [0.15, 0.2) is 27.4 Å². The lowest BCUT2D eigenvalue weighted by atomic mass is 10.2. The molecule has 1 aromatic heterocycles. The maximum Gasteiger partial charge on any atom is 0.417 e. The third-order valence-electron chi connectivity index (χ3n) is 3.11. The molecule has 1 unspecified atom stereocenters. The van der Waals surface area contributed by atoms with Gasteiger partial charge in [0.05, 0.1) is 12.1 Å². The quantitative estimate of drug-likeness (QED) is 0.867. The normalized spacial score (nSPS) is 20.1. The van der Waals surface area contributed by atoms with Gasteiger partial charge in [0.25, 0.3) is 0 Å². The highest BCUT2D eigenvalue weighted by atomic mass is 32.2. The van der Waals surface area contributed by atoms with Crippen molar-refractivity contribution in [1.29, 1.82) is 0 Å². The fourth-order valence-corrected chi connectivity index (χ4v) is 4.32. The van der Waals surface area contributed by atoms with Crippen molar-refractivity contribution in [1.82, 2.24) is 5.32 Å². The number of rotatable bonds is 4. The Morgan fingerprint density at radius 3 is 2.61 bits per heavy atom. The van der Waals surface area contributed by atoms with E-state index in [2.05, 4.69) is 10.3 Å². The first-order valence-electron chi connectivity index (χ1n) is 6.51. The van der Waals surface area contributed by atoms with Crippen molar-refractivity contribution >= 4 is 44.3 Å². The molecule has 0 bridgehead atoms. The van der Waals surface area contributed by atoms with Crippen LogP contribution >= 0.6 is 23.1 Å². The van der Waals surface area contributed by atoms with E-state index in [0.29, 0.717) is 24.4 Å². The van der Waals surface area contributed by atoms with Gasteiger partial charge in [0.15, 0.2) is 9.84 Å². The zero-order valence-corrected chi connectivity index (χ0v) is 14.8. The molecule has 0 aromatic carbocycles. The highest BCUT2D eigenvalue weighted by molar-refractivity contribution is 7.99. The summed E-state index contributed by atoms with van der Waals surface area (Å²) in [6, 6.07) is 2.36. The molecule has 1 N–H and O–H groups in total. The number of thiophene rings is 1. The molecular weight excluding hydrogens is 369 g/mol. The number of hydrogen-bond acceptors (Lipinski definition) is 6. The number of aliphatic imine (C=N–C) groups is 1. The van der Waals surface area contributed by atoms with Crippen molar-refractivity contribution in [3.63, 3.8) is 0 Å². The van der Waals surface area contributed by atoms with Gasteiger partial charge in [0.1, 0.15) is 10.0 Å². The Labute approximate surface area is 140 Å². The lowest BCUT2D eigenvalue weighted by molar-refractivity contribution is -0.0686. The first-order chi connectivity index (χ1) is 10.6. The van der Waals surface area contributed by atoms with Crippen molar-refractivity contribution in [2.24, 2.45) is 4.99 Å². The van der Waals surface area contributed by atoms with Crippen LogP contribution in [0.3, 0.4) is 0 Å². The topological polar surface area (TPSA) is 58.5 Å². The molecule has 1 atom stereocenters.